The summed E-state index contributed by atoms with van der Waals surface area (Å²) in [6.45, 7) is 1.30. The minimum absolute atomic E-state index is 0.300. The molecule has 0 radical (unpaired) electrons. The molecule has 4 aromatic rings. The smallest absolute Gasteiger partial charge is 0.308 e. The molecular weight excluding hydrogens is 564 g/mol. The van der Waals surface area contributed by atoms with E-state index >= 15 is 0 Å². The maximum absolute atomic E-state index is 14.8. The number of benzene rings is 4. The van der Waals surface area contributed by atoms with E-state index in [1.54, 1.807) is 48.5 Å². The van der Waals surface area contributed by atoms with Gasteiger partial charge in [-0.1, -0.05) is 54.1 Å². The average Bonchev–Trinajstić information content (AvgIpc) is 3.49. The van der Waals surface area contributed by atoms with E-state index in [9.17, 15) is 19.2 Å². The van der Waals surface area contributed by atoms with Gasteiger partial charge in [-0.3, -0.25) is 19.2 Å². The number of hydrogen-bond donors (Lipinski definition) is 1. The predicted molar refractivity (Wildman–Crippen MR) is 162 cm³/mol. The number of carbonyl (C=O) groups is 4. The number of amides is 1. The van der Waals surface area contributed by atoms with E-state index in [1.165, 1.54) is 6.92 Å². The standard InChI is InChI=1S/C35H25ClN2O5/c1-20(39)43-25-16-12-23(13-17-25)32(41)30-29(31(40)22-10-14-24(36)15-11-22)35(27-8-4-5-9-28(27)37-34(35)42)33-26-7-3-2-6-21(26)18-19-38(30)33/h2-19,29-30,33H,1H3,(H,37,42)/t29-,30-,33+,35-/m0/s1. The Labute approximate surface area is 252 Å². The van der Waals surface area contributed by atoms with Crippen molar-refractivity contribution in [3.05, 3.63) is 136 Å². The molecule has 0 aliphatic carbocycles. The minimum atomic E-state index is -1.42. The SMILES string of the molecule is CC(=O)Oc1ccc(C(=O)[C@@H]2[C@@H](C(=O)c3ccc(Cl)cc3)[C@]3(C(=O)Nc4ccccc43)[C@H]3c4ccccc4C=CN23)cc1. The molecule has 1 saturated heterocycles. The molecule has 3 heterocycles. The number of nitrogens with one attached hydrogen (secondary N) is 1. The number of halogens is 1. The van der Waals surface area contributed by atoms with Crippen LogP contribution in [0, 0.1) is 5.92 Å². The number of hydrogen-bond acceptors (Lipinski definition) is 6. The summed E-state index contributed by atoms with van der Waals surface area (Å²) in [5, 5.41) is 3.51. The van der Waals surface area contributed by atoms with Gasteiger partial charge in [0.05, 0.1) is 12.0 Å². The number of esters is 1. The van der Waals surface area contributed by atoms with Crippen LogP contribution in [-0.2, 0) is 15.0 Å². The molecule has 212 valence electrons. The summed E-state index contributed by atoms with van der Waals surface area (Å²) >= 11 is 6.17. The van der Waals surface area contributed by atoms with E-state index in [2.05, 4.69) is 5.32 Å². The normalized spacial score (nSPS) is 22.9. The number of para-hydroxylation sites is 1. The van der Waals surface area contributed by atoms with Gasteiger partial charge in [-0.25, -0.2) is 0 Å². The van der Waals surface area contributed by atoms with Crippen LogP contribution in [0.5, 0.6) is 5.75 Å². The Morgan fingerprint density at radius 2 is 1.49 bits per heavy atom. The molecule has 0 aromatic heterocycles. The number of fused-ring (bicyclic) bond motifs is 6. The summed E-state index contributed by atoms with van der Waals surface area (Å²) in [7, 11) is 0. The van der Waals surface area contributed by atoms with E-state index in [1.807, 2.05) is 65.7 Å². The number of Topliss-reactive ketones (excluding diaryl/α,β-unsaturated/α-hetero) is 2. The van der Waals surface area contributed by atoms with Crippen LogP contribution >= 0.6 is 11.6 Å². The highest BCUT2D eigenvalue weighted by molar-refractivity contribution is 6.30. The summed E-state index contributed by atoms with van der Waals surface area (Å²) < 4.78 is 5.17. The van der Waals surface area contributed by atoms with E-state index < -0.39 is 29.4 Å². The molecule has 3 aliphatic heterocycles. The topological polar surface area (TPSA) is 92.8 Å². The van der Waals surface area contributed by atoms with Gasteiger partial charge in [-0.05, 0) is 77.4 Å². The second-order valence-corrected chi connectivity index (χ2v) is 11.4. The molecule has 43 heavy (non-hydrogen) atoms. The molecular formula is C35H25ClN2O5. The minimum Gasteiger partial charge on any atom is -0.427 e. The van der Waals surface area contributed by atoms with Crippen LogP contribution in [0.4, 0.5) is 5.69 Å². The molecule has 4 aromatic carbocycles. The van der Waals surface area contributed by atoms with Crippen LogP contribution in [0.15, 0.2) is 103 Å². The van der Waals surface area contributed by atoms with Gasteiger partial charge in [0, 0.05) is 35.0 Å². The summed E-state index contributed by atoms with van der Waals surface area (Å²) in [5.41, 5.74) is 2.31. The molecule has 3 aliphatic rings. The third-order valence-electron chi connectivity index (χ3n) is 8.65. The van der Waals surface area contributed by atoms with Crippen molar-refractivity contribution in [2.45, 2.75) is 24.4 Å². The zero-order valence-corrected chi connectivity index (χ0v) is 23.7. The lowest BCUT2D eigenvalue weighted by Crippen LogP contribution is -2.49. The van der Waals surface area contributed by atoms with Gasteiger partial charge in [-0.15, -0.1) is 0 Å². The molecule has 1 spiro atoms. The monoisotopic (exact) mass is 588 g/mol. The van der Waals surface area contributed by atoms with Crippen molar-refractivity contribution < 1.29 is 23.9 Å². The van der Waals surface area contributed by atoms with Gasteiger partial charge < -0.3 is 15.0 Å². The van der Waals surface area contributed by atoms with Gasteiger partial charge >= 0.3 is 5.97 Å². The maximum Gasteiger partial charge on any atom is 0.308 e. The van der Waals surface area contributed by atoms with E-state index in [-0.39, 0.29) is 17.5 Å². The second kappa shape index (κ2) is 10.1. The third-order valence-corrected chi connectivity index (χ3v) is 8.90. The molecule has 8 heteroatoms. The Kier molecular flexibility index (Phi) is 6.29. The number of ketones is 2. The molecule has 0 unspecified atom stereocenters. The fourth-order valence-electron chi connectivity index (χ4n) is 6.99. The summed E-state index contributed by atoms with van der Waals surface area (Å²) in [6.07, 6.45) is 3.74. The van der Waals surface area contributed by atoms with Gasteiger partial charge in [0.2, 0.25) is 5.91 Å². The van der Waals surface area contributed by atoms with E-state index in [4.69, 9.17) is 16.3 Å². The molecule has 7 rings (SSSR count). The Morgan fingerprint density at radius 1 is 0.837 bits per heavy atom. The summed E-state index contributed by atoms with van der Waals surface area (Å²) in [5.74, 6) is -2.27. The first-order chi connectivity index (χ1) is 20.8. The van der Waals surface area contributed by atoms with Crippen molar-refractivity contribution in [3.8, 4) is 5.75 Å². The van der Waals surface area contributed by atoms with Crippen molar-refractivity contribution in [2.24, 2.45) is 5.92 Å². The lowest BCUT2D eigenvalue weighted by molar-refractivity contribution is -0.131. The first-order valence-corrected chi connectivity index (χ1v) is 14.3. The highest BCUT2D eigenvalue weighted by atomic mass is 35.5. The van der Waals surface area contributed by atoms with Crippen molar-refractivity contribution in [2.75, 3.05) is 5.32 Å². The largest absolute Gasteiger partial charge is 0.427 e. The first kappa shape index (κ1) is 26.9. The molecule has 0 bridgehead atoms. The second-order valence-electron chi connectivity index (χ2n) is 10.9. The Bertz CT molecular complexity index is 1850. The average molecular weight is 589 g/mol. The van der Waals surface area contributed by atoms with Crippen LogP contribution in [0.3, 0.4) is 0 Å². The first-order valence-electron chi connectivity index (χ1n) is 13.9. The van der Waals surface area contributed by atoms with E-state index in [0.717, 1.165) is 11.1 Å². The number of rotatable bonds is 5. The summed E-state index contributed by atoms with van der Waals surface area (Å²) in [4.78, 5) is 57.2. The van der Waals surface area contributed by atoms with Gasteiger partial charge in [0.1, 0.15) is 17.2 Å². The van der Waals surface area contributed by atoms with Crippen molar-refractivity contribution in [1.82, 2.24) is 4.90 Å². The van der Waals surface area contributed by atoms with Crippen LogP contribution in [-0.4, -0.2) is 34.4 Å². The third kappa shape index (κ3) is 4.03. The highest BCUT2D eigenvalue weighted by Gasteiger charge is 2.70. The quantitative estimate of drug-likeness (QED) is 0.168. The van der Waals surface area contributed by atoms with Crippen molar-refractivity contribution >= 4 is 46.8 Å². The van der Waals surface area contributed by atoms with Crippen LogP contribution in [0.1, 0.15) is 50.4 Å². The number of nitrogens with zero attached hydrogens (tertiary/aromatic N) is 1. The van der Waals surface area contributed by atoms with Crippen LogP contribution in [0.2, 0.25) is 5.02 Å². The molecule has 7 nitrogen and oxygen atoms in total. The Morgan fingerprint density at radius 3 is 2.23 bits per heavy atom. The Hall–Kier alpha value is -5.01. The Balaban J connectivity index is 1.48. The fourth-order valence-corrected chi connectivity index (χ4v) is 7.11. The highest BCUT2D eigenvalue weighted by Crippen LogP contribution is 2.62. The van der Waals surface area contributed by atoms with Crippen molar-refractivity contribution in [3.63, 3.8) is 0 Å². The van der Waals surface area contributed by atoms with E-state index in [0.29, 0.717) is 33.1 Å². The number of carbonyl (C=O) groups excluding carboxylic acids is 4. The fraction of sp³-hybridized carbons (Fsp3) is 0.143. The number of ether oxygens (including phenoxy) is 1. The van der Waals surface area contributed by atoms with Crippen molar-refractivity contribution in [1.29, 1.82) is 0 Å². The van der Waals surface area contributed by atoms with Crippen LogP contribution < -0.4 is 10.1 Å². The molecule has 1 amide bonds. The van der Waals surface area contributed by atoms with Gasteiger partial charge in [0.15, 0.2) is 11.6 Å². The summed E-state index contributed by atoms with van der Waals surface area (Å²) in [6, 6.07) is 26.2. The lowest BCUT2D eigenvalue weighted by Gasteiger charge is -2.38. The molecule has 0 saturated carbocycles. The zero-order chi connectivity index (χ0) is 29.9. The molecule has 1 N–H and O–H groups in total. The molecule has 4 atom stereocenters. The predicted octanol–water partition coefficient (Wildman–Crippen LogP) is 6.25. The molecule has 1 fully saturated rings. The van der Waals surface area contributed by atoms with Gasteiger partial charge in [0.25, 0.3) is 0 Å². The van der Waals surface area contributed by atoms with Gasteiger partial charge in [-0.2, -0.15) is 0 Å². The maximum atomic E-state index is 14.8. The number of anilines is 1. The van der Waals surface area contributed by atoms with Crippen LogP contribution in [0.25, 0.3) is 6.08 Å². The zero-order valence-electron chi connectivity index (χ0n) is 23.0. The lowest BCUT2D eigenvalue weighted by atomic mass is 9.62.